The van der Waals surface area contributed by atoms with Crippen molar-refractivity contribution >= 4 is 21.6 Å². The van der Waals surface area contributed by atoms with E-state index in [9.17, 15) is 0 Å². The van der Waals surface area contributed by atoms with Gasteiger partial charge in [0.1, 0.15) is 6.07 Å². The fraction of sp³-hybridized carbons (Fsp3) is 0.417. The quantitative estimate of drug-likeness (QED) is 0.902. The molecule has 16 heavy (non-hydrogen) atoms. The Hall–Kier alpha value is -1.05. The Balaban J connectivity index is 2.72. The van der Waals surface area contributed by atoms with Crippen LogP contribution in [-0.2, 0) is 4.74 Å². The Morgan fingerprint density at radius 2 is 2.31 bits per heavy atom. The van der Waals surface area contributed by atoms with Crippen LogP contribution in [-0.4, -0.2) is 19.8 Å². The van der Waals surface area contributed by atoms with Gasteiger partial charge in [-0.25, -0.2) is 0 Å². The lowest BCUT2D eigenvalue weighted by atomic mass is 10.1. The van der Waals surface area contributed by atoms with E-state index in [1.54, 1.807) is 13.2 Å². The van der Waals surface area contributed by atoms with E-state index < -0.39 is 0 Å². The van der Waals surface area contributed by atoms with Gasteiger partial charge in [-0.05, 0) is 31.5 Å². The Morgan fingerprint density at radius 3 is 2.94 bits per heavy atom. The third-order valence-corrected chi connectivity index (χ3v) is 2.75. The molecule has 0 bridgehead atoms. The highest BCUT2D eigenvalue weighted by Crippen LogP contribution is 2.21. The molecule has 0 aliphatic carbocycles. The molecule has 1 unspecified atom stereocenters. The smallest absolute Gasteiger partial charge is 0.101 e. The molecule has 0 heterocycles. The van der Waals surface area contributed by atoms with Crippen molar-refractivity contribution in [1.29, 1.82) is 5.26 Å². The number of ether oxygens (including phenoxy) is 1. The maximum atomic E-state index is 8.97. The SMILES string of the molecule is COCCC(C)Nc1cc(Br)ccc1C#N. The largest absolute Gasteiger partial charge is 0.385 e. The van der Waals surface area contributed by atoms with Crippen LogP contribution in [0.4, 0.5) is 5.69 Å². The van der Waals surface area contributed by atoms with Crippen LogP contribution in [0.15, 0.2) is 22.7 Å². The van der Waals surface area contributed by atoms with E-state index in [2.05, 4.69) is 34.2 Å². The van der Waals surface area contributed by atoms with Crippen molar-refractivity contribution < 1.29 is 4.74 Å². The molecule has 0 saturated heterocycles. The van der Waals surface area contributed by atoms with Gasteiger partial charge in [0.2, 0.25) is 0 Å². The van der Waals surface area contributed by atoms with Crippen molar-refractivity contribution in [2.75, 3.05) is 19.0 Å². The molecule has 0 spiro atoms. The molecule has 1 atom stereocenters. The Kier molecular flexibility index (Phi) is 5.30. The number of nitriles is 1. The minimum atomic E-state index is 0.279. The maximum absolute atomic E-state index is 8.97. The van der Waals surface area contributed by atoms with E-state index in [1.165, 1.54) is 0 Å². The molecule has 0 fully saturated rings. The van der Waals surface area contributed by atoms with Crippen molar-refractivity contribution in [3.8, 4) is 6.07 Å². The molecular formula is C12H15BrN2O. The molecule has 0 amide bonds. The number of halogens is 1. The van der Waals surface area contributed by atoms with Gasteiger partial charge < -0.3 is 10.1 Å². The van der Waals surface area contributed by atoms with Crippen LogP contribution in [0.3, 0.4) is 0 Å². The first-order chi connectivity index (χ1) is 7.67. The number of methoxy groups -OCH3 is 1. The molecule has 4 heteroatoms. The molecule has 86 valence electrons. The van der Waals surface area contributed by atoms with E-state index >= 15 is 0 Å². The van der Waals surface area contributed by atoms with Crippen LogP contribution < -0.4 is 5.32 Å². The molecule has 0 aromatic heterocycles. The number of anilines is 1. The molecule has 1 aromatic carbocycles. The van der Waals surface area contributed by atoms with Gasteiger partial charge in [0.05, 0.1) is 11.3 Å². The van der Waals surface area contributed by atoms with Gasteiger partial charge in [0.15, 0.2) is 0 Å². The zero-order valence-electron chi connectivity index (χ0n) is 9.46. The molecule has 0 saturated carbocycles. The Morgan fingerprint density at radius 1 is 1.56 bits per heavy atom. The van der Waals surface area contributed by atoms with Crippen molar-refractivity contribution in [2.24, 2.45) is 0 Å². The van der Waals surface area contributed by atoms with E-state index in [4.69, 9.17) is 10.00 Å². The average molecular weight is 283 g/mol. The summed E-state index contributed by atoms with van der Waals surface area (Å²) in [5, 5.41) is 12.3. The minimum Gasteiger partial charge on any atom is -0.385 e. The highest BCUT2D eigenvalue weighted by molar-refractivity contribution is 9.10. The molecule has 0 radical (unpaired) electrons. The van der Waals surface area contributed by atoms with Gasteiger partial charge in [-0.3, -0.25) is 0 Å². The molecule has 1 aromatic rings. The van der Waals surface area contributed by atoms with Crippen molar-refractivity contribution in [1.82, 2.24) is 0 Å². The zero-order valence-corrected chi connectivity index (χ0v) is 11.0. The number of nitrogens with zero attached hydrogens (tertiary/aromatic N) is 1. The highest BCUT2D eigenvalue weighted by Gasteiger charge is 2.06. The van der Waals surface area contributed by atoms with E-state index in [0.29, 0.717) is 12.2 Å². The predicted molar refractivity (Wildman–Crippen MR) is 68.4 cm³/mol. The van der Waals surface area contributed by atoms with Crippen molar-refractivity contribution in [3.63, 3.8) is 0 Å². The van der Waals surface area contributed by atoms with Crippen molar-refractivity contribution in [3.05, 3.63) is 28.2 Å². The third kappa shape index (κ3) is 3.84. The van der Waals surface area contributed by atoms with Gasteiger partial charge in [-0.15, -0.1) is 0 Å². The van der Waals surface area contributed by atoms with Gasteiger partial charge >= 0.3 is 0 Å². The van der Waals surface area contributed by atoms with Gasteiger partial charge in [-0.2, -0.15) is 5.26 Å². The normalized spacial score (nSPS) is 11.9. The number of nitrogens with one attached hydrogen (secondary N) is 1. The topological polar surface area (TPSA) is 45.0 Å². The molecular weight excluding hydrogens is 268 g/mol. The van der Waals surface area contributed by atoms with Crippen LogP contribution >= 0.6 is 15.9 Å². The van der Waals surface area contributed by atoms with E-state index in [1.807, 2.05) is 12.1 Å². The van der Waals surface area contributed by atoms with Crippen LogP contribution in [0.2, 0.25) is 0 Å². The summed E-state index contributed by atoms with van der Waals surface area (Å²) in [5.41, 5.74) is 1.52. The average Bonchev–Trinajstić information content (AvgIpc) is 2.27. The lowest BCUT2D eigenvalue weighted by molar-refractivity contribution is 0.191. The van der Waals surface area contributed by atoms with E-state index in [0.717, 1.165) is 16.6 Å². The first-order valence-corrected chi connectivity index (χ1v) is 5.91. The molecule has 0 aliphatic rings. The van der Waals surface area contributed by atoms with Crippen LogP contribution in [0.25, 0.3) is 0 Å². The third-order valence-electron chi connectivity index (χ3n) is 2.26. The molecule has 0 aliphatic heterocycles. The number of benzene rings is 1. The first kappa shape index (κ1) is 13.0. The second kappa shape index (κ2) is 6.51. The van der Waals surface area contributed by atoms with Gasteiger partial charge in [-0.1, -0.05) is 15.9 Å². The summed E-state index contributed by atoms with van der Waals surface area (Å²) in [6.07, 6.45) is 0.911. The first-order valence-electron chi connectivity index (χ1n) is 5.12. The number of hydrogen-bond acceptors (Lipinski definition) is 3. The van der Waals surface area contributed by atoms with E-state index in [-0.39, 0.29) is 6.04 Å². The van der Waals surface area contributed by atoms with Gasteiger partial charge in [0, 0.05) is 24.2 Å². The standard InChI is InChI=1S/C12H15BrN2O/c1-9(5-6-16-2)15-12-7-11(13)4-3-10(12)8-14/h3-4,7,9,15H,5-6H2,1-2H3. The second-order valence-corrected chi connectivity index (χ2v) is 4.54. The predicted octanol–water partition coefficient (Wildman–Crippen LogP) is 3.16. The fourth-order valence-corrected chi connectivity index (χ4v) is 1.73. The fourth-order valence-electron chi connectivity index (χ4n) is 1.37. The van der Waals surface area contributed by atoms with Crippen molar-refractivity contribution in [2.45, 2.75) is 19.4 Å². The maximum Gasteiger partial charge on any atom is 0.101 e. The molecule has 1 rings (SSSR count). The summed E-state index contributed by atoms with van der Waals surface area (Å²) in [6, 6.07) is 8.03. The second-order valence-electron chi connectivity index (χ2n) is 3.63. The van der Waals surface area contributed by atoms with Gasteiger partial charge in [0.25, 0.3) is 0 Å². The Bertz CT molecular complexity index is 387. The summed E-state index contributed by atoms with van der Waals surface area (Å²) >= 11 is 3.39. The van der Waals surface area contributed by atoms with Crippen LogP contribution in [0.5, 0.6) is 0 Å². The summed E-state index contributed by atoms with van der Waals surface area (Å²) < 4.78 is 5.98. The number of hydrogen-bond donors (Lipinski definition) is 1. The lowest BCUT2D eigenvalue weighted by Gasteiger charge is -2.16. The zero-order chi connectivity index (χ0) is 12.0. The highest BCUT2D eigenvalue weighted by atomic mass is 79.9. The summed E-state index contributed by atoms with van der Waals surface area (Å²) in [6.45, 7) is 2.78. The monoisotopic (exact) mass is 282 g/mol. The summed E-state index contributed by atoms with van der Waals surface area (Å²) in [4.78, 5) is 0. The minimum absolute atomic E-state index is 0.279. The van der Waals surface area contributed by atoms with Crippen LogP contribution in [0, 0.1) is 11.3 Å². The summed E-state index contributed by atoms with van der Waals surface area (Å²) in [7, 11) is 1.69. The van der Waals surface area contributed by atoms with Crippen LogP contribution in [0.1, 0.15) is 18.9 Å². The summed E-state index contributed by atoms with van der Waals surface area (Å²) in [5.74, 6) is 0. The molecule has 3 nitrogen and oxygen atoms in total. The number of rotatable bonds is 5. The molecule has 1 N–H and O–H groups in total. The Labute approximate surface area is 105 Å². The lowest BCUT2D eigenvalue weighted by Crippen LogP contribution is -2.17.